The van der Waals surface area contributed by atoms with E-state index in [1.807, 2.05) is 0 Å². The van der Waals surface area contributed by atoms with Crippen molar-refractivity contribution in [3.63, 3.8) is 0 Å². The Morgan fingerprint density at radius 3 is 2.72 bits per heavy atom. The predicted octanol–water partition coefficient (Wildman–Crippen LogP) is 0.836. The molecule has 2 amide bonds. The third kappa shape index (κ3) is 2.41. The molecule has 0 saturated carbocycles. The number of carbonyl (C=O) groups is 2. The molecule has 0 aliphatic carbocycles. The van der Waals surface area contributed by atoms with Crippen LogP contribution in [0.25, 0.3) is 0 Å². The molecule has 0 radical (unpaired) electrons. The van der Waals surface area contributed by atoms with Gasteiger partial charge in [0.25, 0.3) is 5.91 Å². The first-order valence-corrected chi connectivity index (χ1v) is 5.95. The van der Waals surface area contributed by atoms with Crippen molar-refractivity contribution in [3.05, 3.63) is 28.8 Å². The van der Waals surface area contributed by atoms with Gasteiger partial charge in [-0.1, -0.05) is 11.6 Å². The Morgan fingerprint density at radius 1 is 1.39 bits per heavy atom. The fourth-order valence-electron chi connectivity index (χ4n) is 1.79. The Morgan fingerprint density at radius 2 is 2.11 bits per heavy atom. The molecule has 96 valence electrons. The van der Waals surface area contributed by atoms with Crippen LogP contribution in [0, 0.1) is 0 Å². The van der Waals surface area contributed by atoms with Crippen molar-refractivity contribution < 1.29 is 9.59 Å². The molecular formula is C12H14ClN3O2. The van der Waals surface area contributed by atoms with E-state index in [0.29, 0.717) is 29.4 Å². The maximum absolute atomic E-state index is 12.2. The number of hydrogen-bond donors (Lipinski definition) is 1. The van der Waals surface area contributed by atoms with Gasteiger partial charge in [-0.3, -0.25) is 9.59 Å². The largest absolute Gasteiger partial charge is 0.398 e. The predicted molar refractivity (Wildman–Crippen MR) is 69.4 cm³/mol. The molecule has 2 rings (SSSR count). The molecule has 1 saturated heterocycles. The molecule has 1 heterocycles. The number of likely N-dealkylation sites (N-methyl/N-ethyl adjacent to an activating group) is 1. The summed E-state index contributed by atoms with van der Waals surface area (Å²) in [5.41, 5.74) is 6.48. The first-order valence-electron chi connectivity index (χ1n) is 5.57. The lowest BCUT2D eigenvalue weighted by molar-refractivity contribution is -0.133. The maximum Gasteiger partial charge on any atom is 0.254 e. The van der Waals surface area contributed by atoms with Gasteiger partial charge in [-0.05, 0) is 18.2 Å². The number of nitrogen functional groups attached to an aromatic ring is 1. The highest BCUT2D eigenvalue weighted by atomic mass is 35.5. The lowest BCUT2D eigenvalue weighted by Crippen LogP contribution is -2.50. The summed E-state index contributed by atoms with van der Waals surface area (Å²) in [7, 11) is 1.73. The second kappa shape index (κ2) is 4.86. The summed E-state index contributed by atoms with van der Waals surface area (Å²) in [4.78, 5) is 26.8. The molecule has 1 aromatic carbocycles. The van der Waals surface area contributed by atoms with Crippen molar-refractivity contribution in [1.82, 2.24) is 9.80 Å². The molecule has 1 aliphatic rings. The molecule has 1 aromatic rings. The smallest absolute Gasteiger partial charge is 0.254 e. The molecule has 1 aliphatic heterocycles. The Hall–Kier alpha value is -1.75. The number of rotatable bonds is 1. The van der Waals surface area contributed by atoms with Crippen molar-refractivity contribution in [2.24, 2.45) is 0 Å². The number of nitrogens with zero attached hydrogens (tertiary/aromatic N) is 2. The SMILES string of the molecule is CN1CCN(C(=O)c2ccc(Cl)c(N)c2)CC1=O. The van der Waals surface area contributed by atoms with Crippen LogP contribution in [0.5, 0.6) is 0 Å². The number of carbonyl (C=O) groups excluding carboxylic acids is 2. The zero-order chi connectivity index (χ0) is 13.3. The van der Waals surface area contributed by atoms with Gasteiger partial charge in [0.15, 0.2) is 0 Å². The summed E-state index contributed by atoms with van der Waals surface area (Å²) in [5.74, 6) is -0.253. The van der Waals surface area contributed by atoms with Gasteiger partial charge in [-0.2, -0.15) is 0 Å². The topological polar surface area (TPSA) is 66.6 Å². The molecule has 0 unspecified atom stereocenters. The van der Waals surface area contributed by atoms with Crippen LogP contribution in [0.2, 0.25) is 5.02 Å². The quantitative estimate of drug-likeness (QED) is 0.767. The fraction of sp³-hybridized carbons (Fsp3) is 0.333. The van der Waals surface area contributed by atoms with Crippen molar-refractivity contribution >= 4 is 29.1 Å². The number of amides is 2. The van der Waals surface area contributed by atoms with Gasteiger partial charge in [0.1, 0.15) is 6.54 Å². The van der Waals surface area contributed by atoms with Crippen LogP contribution >= 0.6 is 11.6 Å². The van der Waals surface area contributed by atoms with Gasteiger partial charge in [0.05, 0.1) is 10.7 Å². The number of halogens is 1. The van der Waals surface area contributed by atoms with E-state index in [1.54, 1.807) is 24.1 Å². The first-order chi connectivity index (χ1) is 8.49. The number of nitrogens with two attached hydrogens (primary N) is 1. The summed E-state index contributed by atoms with van der Waals surface area (Å²) in [6, 6.07) is 4.74. The summed E-state index contributed by atoms with van der Waals surface area (Å²) in [5, 5.41) is 0.418. The zero-order valence-corrected chi connectivity index (χ0v) is 10.8. The maximum atomic E-state index is 12.2. The van der Waals surface area contributed by atoms with Crippen LogP contribution in [-0.4, -0.2) is 48.3 Å². The van der Waals surface area contributed by atoms with Crippen LogP contribution < -0.4 is 5.73 Å². The zero-order valence-electron chi connectivity index (χ0n) is 10.0. The molecular weight excluding hydrogens is 254 g/mol. The summed E-state index contributed by atoms with van der Waals surface area (Å²) in [6.45, 7) is 1.19. The fourth-order valence-corrected chi connectivity index (χ4v) is 1.91. The highest BCUT2D eigenvalue weighted by Crippen LogP contribution is 2.20. The Balaban J connectivity index is 2.16. The molecule has 2 N–H and O–H groups in total. The molecule has 0 aromatic heterocycles. The second-order valence-electron chi connectivity index (χ2n) is 4.28. The van der Waals surface area contributed by atoms with Crippen LogP contribution in [0.15, 0.2) is 18.2 Å². The Kier molecular flexibility index (Phi) is 3.43. The molecule has 0 atom stereocenters. The van der Waals surface area contributed by atoms with Crippen molar-refractivity contribution in [2.45, 2.75) is 0 Å². The number of benzene rings is 1. The van der Waals surface area contributed by atoms with Crippen molar-refractivity contribution in [2.75, 3.05) is 32.4 Å². The Labute approximate surface area is 110 Å². The van der Waals surface area contributed by atoms with Crippen LogP contribution in [0.1, 0.15) is 10.4 Å². The van der Waals surface area contributed by atoms with Crippen LogP contribution in [-0.2, 0) is 4.79 Å². The third-order valence-electron chi connectivity index (χ3n) is 2.99. The Bertz CT molecular complexity index is 504. The van der Waals surface area contributed by atoms with Gasteiger partial charge in [-0.25, -0.2) is 0 Å². The second-order valence-corrected chi connectivity index (χ2v) is 4.69. The molecule has 18 heavy (non-hydrogen) atoms. The van der Waals surface area contributed by atoms with Gasteiger partial charge in [0, 0.05) is 25.7 Å². The highest BCUT2D eigenvalue weighted by molar-refractivity contribution is 6.33. The summed E-state index contributed by atoms with van der Waals surface area (Å²) < 4.78 is 0. The van der Waals surface area contributed by atoms with E-state index >= 15 is 0 Å². The van der Waals surface area contributed by atoms with Gasteiger partial charge >= 0.3 is 0 Å². The van der Waals surface area contributed by atoms with E-state index in [2.05, 4.69) is 0 Å². The number of hydrogen-bond acceptors (Lipinski definition) is 3. The lowest BCUT2D eigenvalue weighted by Gasteiger charge is -2.32. The number of piperazine rings is 1. The van der Waals surface area contributed by atoms with Gasteiger partial charge in [-0.15, -0.1) is 0 Å². The van der Waals surface area contributed by atoms with E-state index in [0.717, 1.165) is 0 Å². The normalized spacial score (nSPS) is 16.0. The minimum atomic E-state index is -0.195. The van der Waals surface area contributed by atoms with Gasteiger partial charge in [0.2, 0.25) is 5.91 Å². The van der Waals surface area contributed by atoms with Gasteiger partial charge < -0.3 is 15.5 Å². The summed E-state index contributed by atoms with van der Waals surface area (Å²) in [6.07, 6.45) is 0. The van der Waals surface area contributed by atoms with Crippen LogP contribution in [0.3, 0.4) is 0 Å². The highest BCUT2D eigenvalue weighted by Gasteiger charge is 2.25. The van der Waals surface area contributed by atoms with E-state index in [1.165, 1.54) is 11.0 Å². The minimum absolute atomic E-state index is 0.0588. The summed E-state index contributed by atoms with van der Waals surface area (Å²) >= 11 is 5.80. The standard InChI is InChI=1S/C12H14ClN3O2/c1-15-4-5-16(7-11(15)17)12(18)8-2-3-9(13)10(14)6-8/h2-3,6H,4-5,7,14H2,1H3. The molecule has 5 nitrogen and oxygen atoms in total. The monoisotopic (exact) mass is 267 g/mol. The first kappa shape index (κ1) is 12.7. The third-order valence-corrected chi connectivity index (χ3v) is 3.33. The van der Waals surface area contributed by atoms with E-state index in [9.17, 15) is 9.59 Å². The van der Waals surface area contributed by atoms with Crippen LogP contribution in [0.4, 0.5) is 5.69 Å². The van der Waals surface area contributed by atoms with E-state index < -0.39 is 0 Å². The van der Waals surface area contributed by atoms with E-state index in [4.69, 9.17) is 17.3 Å². The lowest BCUT2D eigenvalue weighted by atomic mass is 10.1. The minimum Gasteiger partial charge on any atom is -0.398 e. The van der Waals surface area contributed by atoms with Crippen molar-refractivity contribution in [1.29, 1.82) is 0 Å². The van der Waals surface area contributed by atoms with Crippen molar-refractivity contribution in [3.8, 4) is 0 Å². The molecule has 1 fully saturated rings. The number of anilines is 1. The molecule has 0 spiro atoms. The average Bonchev–Trinajstić information content (AvgIpc) is 2.35. The molecule has 0 bridgehead atoms. The van der Waals surface area contributed by atoms with E-state index in [-0.39, 0.29) is 18.4 Å². The average molecular weight is 268 g/mol. The molecule has 6 heteroatoms.